The maximum absolute atomic E-state index is 12.6. The predicted octanol–water partition coefficient (Wildman–Crippen LogP) is 3.40. The summed E-state index contributed by atoms with van der Waals surface area (Å²) in [4.78, 5) is 12.6. The number of carbonyl (C=O) groups is 1. The molecule has 2 aliphatic carbocycles. The molecule has 100 valence electrons. The van der Waals surface area contributed by atoms with Crippen LogP contribution in [0.25, 0.3) is 0 Å². The van der Waals surface area contributed by atoms with Crippen LogP contribution in [-0.4, -0.2) is 12.6 Å². The van der Waals surface area contributed by atoms with E-state index >= 15 is 0 Å². The van der Waals surface area contributed by atoms with Crippen molar-refractivity contribution in [2.75, 3.05) is 6.61 Å². The number of ether oxygens (including phenoxy) is 1. The van der Waals surface area contributed by atoms with Gasteiger partial charge in [0, 0.05) is 5.41 Å². The monoisotopic (exact) mass is 256 g/mol. The largest absolute Gasteiger partial charge is 0.465 e. The first-order valence-corrected chi connectivity index (χ1v) is 7.08. The lowest BCUT2D eigenvalue weighted by atomic mass is 9.51. The van der Waals surface area contributed by atoms with Gasteiger partial charge >= 0.3 is 5.97 Å². The summed E-state index contributed by atoms with van der Waals surface area (Å²) < 4.78 is 5.40. The molecular formula is C17H20O2. The third-order valence-electron chi connectivity index (χ3n) is 4.93. The van der Waals surface area contributed by atoms with Crippen LogP contribution in [0.3, 0.4) is 0 Å². The van der Waals surface area contributed by atoms with E-state index < -0.39 is 5.41 Å². The van der Waals surface area contributed by atoms with Crippen LogP contribution >= 0.6 is 0 Å². The van der Waals surface area contributed by atoms with Crippen molar-refractivity contribution in [2.24, 2.45) is 5.41 Å². The maximum atomic E-state index is 12.6. The molecular weight excluding hydrogens is 236 g/mol. The third kappa shape index (κ3) is 1.29. The SMILES string of the molecule is CCOC(=O)[C@]12Cc3ccccc3[C@@]1(C)C=C2CC. The van der Waals surface area contributed by atoms with Gasteiger partial charge in [-0.2, -0.15) is 0 Å². The number of benzene rings is 1. The van der Waals surface area contributed by atoms with Crippen LogP contribution in [0.15, 0.2) is 35.9 Å². The van der Waals surface area contributed by atoms with Crippen molar-refractivity contribution in [1.82, 2.24) is 0 Å². The Labute approximate surface area is 114 Å². The van der Waals surface area contributed by atoms with Crippen LogP contribution in [0.1, 0.15) is 38.3 Å². The van der Waals surface area contributed by atoms with Crippen molar-refractivity contribution in [2.45, 2.75) is 39.0 Å². The Morgan fingerprint density at radius 3 is 2.74 bits per heavy atom. The minimum atomic E-state index is -0.443. The summed E-state index contributed by atoms with van der Waals surface area (Å²) in [5.41, 5.74) is 3.20. The van der Waals surface area contributed by atoms with E-state index in [4.69, 9.17) is 4.74 Å². The predicted molar refractivity (Wildman–Crippen MR) is 74.9 cm³/mol. The van der Waals surface area contributed by atoms with Gasteiger partial charge in [0.1, 0.15) is 5.41 Å². The topological polar surface area (TPSA) is 26.3 Å². The number of rotatable bonds is 3. The molecule has 0 aromatic heterocycles. The maximum Gasteiger partial charge on any atom is 0.317 e. The van der Waals surface area contributed by atoms with Gasteiger partial charge in [0.05, 0.1) is 6.61 Å². The van der Waals surface area contributed by atoms with E-state index in [0.29, 0.717) is 6.61 Å². The van der Waals surface area contributed by atoms with Crippen LogP contribution in [0, 0.1) is 5.41 Å². The molecule has 0 radical (unpaired) electrons. The number of hydrogen-bond acceptors (Lipinski definition) is 2. The zero-order valence-corrected chi connectivity index (χ0v) is 11.8. The highest BCUT2D eigenvalue weighted by Crippen LogP contribution is 2.64. The molecule has 0 bridgehead atoms. The molecule has 3 rings (SSSR count). The fraction of sp³-hybridized carbons (Fsp3) is 0.471. The van der Waals surface area contributed by atoms with Crippen LogP contribution in [-0.2, 0) is 21.4 Å². The average molecular weight is 256 g/mol. The molecule has 0 saturated carbocycles. The summed E-state index contributed by atoms with van der Waals surface area (Å²) in [5.74, 6) is -0.0481. The van der Waals surface area contributed by atoms with Gasteiger partial charge in [-0.25, -0.2) is 0 Å². The van der Waals surface area contributed by atoms with E-state index in [-0.39, 0.29) is 11.4 Å². The Kier molecular flexibility index (Phi) is 2.60. The molecule has 0 saturated heterocycles. The first kappa shape index (κ1) is 12.5. The quantitative estimate of drug-likeness (QED) is 0.612. The van der Waals surface area contributed by atoms with Gasteiger partial charge in [-0.1, -0.05) is 49.8 Å². The number of allylic oxidation sites excluding steroid dienone is 1. The Hall–Kier alpha value is -1.57. The van der Waals surface area contributed by atoms with Gasteiger partial charge in [0.15, 0.2) is 0 Å². The summed E-state index contributed by atoms with van der Waals surface area (Å²) >= 11 is 0. The van der Waals surface area contributed by atoms with Gasteiger partial charge in [-0.15, -0.1) is 0 Å². The first-order valence-electron chi connectivity index (χ1n) is 7.08. The van der Waals surface area contributed by atoms with E-state index in [1.165, 1.54) is 16.7 Å². The van der Waals surface area contributed by atoms with Gasteiger partial charge in [0.2, 0.25) is 0 Å². The highest BCUT2D eigenvalue weighted by atomic mass is 16.5. The lowest BCUT2D eigenvalue weighted by Crippen LogP contribution is -2.54. The molecule has 0 amide bonds. The number of esters is 1. The second-order valence-electron chi connectivity index (χ2n) is 5.69. The van der Waals surface area contributed by atoms with Crippen molar-refractivity contribution < 1.29 is 9.53 Å². The minimum Gasteiger partial charge on any atom is -0.465 e. The lowest BCUT2D eigenvalue weighted by molar-refractivity contribution is -0.157. The molecule has 1 aromatic carbocycles. The summed E-state index contributed by atoms with van der Waals surface area (Å²) in [7, 11) is 0. The molecule has 0 aliphatic heterocycles. The summed E-state index contributed by atoms with van der Waals surface area (Å²) in [6, 6.07) is 8.40. The molecule has 2 aliphatic rings. The molecule has 0 spiro atoms. The zero-order valence-electron chi connectivity index (χ0n) is 11.8. The molecule has 0 unspecified atom stereocenters. The molecule has 0 N–H and O–H groups in total. The molecule has 2 heteroatoms. The van der Waals surface area contributed by atoms with E-state index in [1.54, 1.807) is 0 Å². The Bertz CT molecular complexity index is 572. The Balaban J connectivity index is 2.13. The number of hydrogen-bond donors (Lipinski definition) is 0. The number of carbonyl (C=O) groups excluding carboxylic acids is 1. The minimum absolute atomic E-state index is 0.0481. The van der Waals surface area contributed by atoms with Crippen LogP contribution in [0.4, 0.5) is 0 Å². The fourth-order valence-electron chi connectivity index (χ4n) is 4.00. The number of fused-ring (bicyclic) bond motifs is 3. The van der Waals surface area contributed by atoms with Crippen LogP contribution in [0.5, 0.6) is 0 Å². The van der Waals surface area contributed by atoms with E-state index in [1.807, 2.05) is 6.92 Å². The van der Waals surface area contributed by atoms with E-state index in [2.05, 4.69) is 44.2 Å². The molecule has 1 aromatic rings. The highest BCUT2D eigenvalue weighted by molar-refractivity contribution is 5.89. The normalized spacial score (nSPS) is 31.0. The van der Waals surface area contributed by atoms with Crippen LogP contribution < -0.4 is 0 Å². The molecule has 2 nitrogen and oxygen atoms in total. The smallest absolute Gasteiger partial charge is 0.317 e. The van der Waals surface area contributed by atoms with Crippen molar-refractivity contribution in [3.8, 4) is 0 Å². The van der Waals surface area contributed by atoms with Crippen molar-refractivity contribution in [3.63, 3.8) is 0 Å². The van der Waals surface area contributed by atoms with Gasteiger partial charge < -0.3 is 4.74 Å². The summed E-state index contributed by atoms with van der Waals surface area (Å²) in [6.45, 7) is 6.62. The molecule has 2 atom stereocenters. The Morgan fingerprint density at radius 1 is 1.32 bits per heavy atom. The van der Waals surface area contributed by atoms with Crippen molar-refractivity contribution in [3.05, 3.63) is 47.0 Å². The average Bonchev–Trinajstić information content (AvgIpc) is 2.60. The second-order valence-corrected chi connectivity index (χ2v) is 5.69. The Morgan fingerprint density at radius 2 is 2.05 bits per heavy atom. The lowest BCUT2D eigenvalue weighted by Gasteiger charge is -2.50. The van der Waals surface area contributed by atoms with Gasteiger partial charge in [-0.3, -0.25) is 4.79 Å². The first-order chi connectivity index (χ1) is 9.10. The fourth-order valence-corrected chi connectivity index (χ4v) is 4.00. The third-order valence-corrected chi connectivity index (χ3v) is 4.93. The molecule has 0 heterocycles. The summed E-state index contributed by atoms with van der Waals surface area (Å²) in [6.07, 6.45) is 3.98. The van der Waals surface area contributed by atoms with E-state index in [0.717, 1.165) is 12.8 Å². The van der Waals surface area contributed by atoms with Crippen LogP contribution in [0.2, 0.25) is 0 Å². The molecule has 19 heavy (non-hydrogen) atoms. The summed E-state index contributed by atoms with van der Waals surface area (Å²) in [5, 5.41) is 0. The van der Waals surface area contributed by atoms with Crippen molar-refractivity contribution >= 4 is 5.97 Å². The second kappa shape index (κ2) is 3.96. The van der Waals surface area contributed by atoms with Gasteiger partial charge in [-0.05, 0) is 30.9 Å². The molecule has 0 fully saturated rings. The van der Waals surface area contributed by atoms with E-state index in [9.17, 15) is 4.79 Å². The zero-order chi connectivity index (χ0) is 13.7. The standard InChI is InChI=1S/C17H20O2/c1-4-13-11-16(3)14-9-7-6-8-12(14)10-17(13,16)15(18)19-5-2/h6-9,11H,4-5,10H2,1-3H3/t16-,17-/m1/s1. The van der Waals surface area contributed by atoms with Crippen molar-refractivity contribution in [1.29, 1.82) is 0 Å². The highest BCUT2D eigenvalue weighted by Gasteiger charge is 2.66. The van der Waals surface area contributed by atoms with Gasteiger partial charge in [0.25, 0.3) is 0 Å².